The molecule has 0 aliphatic heterocycles. The van der Waals surface area contributed by atoms with Crippen LogP contribution in [0.4, 0.5) is 0 Å². The van der Waals surface area contributed by atoms with Crippen molar-refractivity contribution in [2.45, 2.75) is 13.3 Å². The number of rotatable bonds is 2. The molecule has 74 valence electrons. The second-order valence-corrected chi connectivity index (χ2v) is 4.80. The number of methoxy groups -OCH3 is 1. The van der Waals surface area contributed by atoms with Gasteiger partial charge in [-0.3, -0.25) is 0 Å². The number of benzene rings is 1. The third-order valence-electron chi connectivity index (χ3n) is 2.32. The predicted molar refractivity (Wildman–Crippen MR) is 65.5 cm³/mol. The number of ether oxygens (including phenoxy) is 1. The number of fused-ring (bicyclic) bond motifs is 1. The van der Waals surface area contributed by atoms with Crippen LogP contribution in [0.25, 0.3) is 10.1 Å². The molecule has 1 nitrogen and oxygen atoms in total. The Morgan fingerprint density at radius 2 is 2.21 bits per heavy atom. The van der Waals surface area contributed by atoms with Crippen molar-refractivity contribution in [2.75, 3.05) is 7.11 Å². The summed E-state index contributed by atoms with van der Waals surface area (Å²) >= 11 is 5.31. The normalized spacial score (nSPS) is 10.8. The zero-order chi connectivity index (χ0) is 10.1. The lowest BCUT2D eigenvalue weighted by Crippen LogP contribution is -1.83. The average Bonchev–Trinajstić information content (AvgIpc) is 2.63. The molecule has 14 heavy (non-hydrogen) atoms. The van der Waals surface area contributed by atoms with Crippen LogP contribution >= 0.6 is 27.3 Å². The van der Waals surface area contributed by atoms with Gasteiger partial charge in [-0.2, -0.15) is 0 Å². The van der Waals surface area contributed by atoms with Crippen molar-refractivity contribution in [1.82, 2.24) is 0 Å². The number of halogens is 1. The van der Waals surface area contributed by atoms with Crippen molar-refractivity contribution in [3.8, 4) is 5.75 Å². The third kappa shape index (κ3) is 1.44. The summed E-state index contributed by atoms with van der Waals surface area (Å²) in [6.07, 6.45) is 1.06. The molecule has 1 heterocycles. The van der Waals surface area contributed by atoms with Crippen LogP contribution in [0, 0.1) is 0 Å². The van der Waals surface area contributed by atoms with E-state index >= 15 is 0 Å². The minimum absolute atomic E-state index is 0.965. The van der Waals surface area contributed by atoms with Gasteiger partial charge in [0.2, 0.25) is 0 Å². The molecule has 2 rings (SSSR count). The monoisotopic (exact) mass is 270 g/mol. The lowest BCUT2D eigenvalue weighted by molar-refractivity contribution is 0.421. The molecule has 0 aliphatic carbocycles. The largest absolute Gasteiger partial charge is 0.495 e. The van der Waals surface area contributed by atoms with Crippen LogP contribution in [-0.4, -0.2) is 7.11 Å². The van der Waals surface area contributed by atoms with Gasteiger partial charge in [0.1, 0.15) is 5.75 Å². The van der Waals surface area contributed by atoms with Crippen molar-refractivity contribution >= 4 is 37.4 Å². The first-order valence-electron chi connectivity index (χ1n) is 4.50. The number of thiophene rings is 1. The summed E-state index contributed by atoms with van der Waals surface area (Å²) in [7, 11) is 1.71. The summed E-state index contributed by atoms with van der Waals surface area (Å²) < 4.78 is 7.77. The smallest absolute Gasteiger partial charge is 0.138 e. The van der Waals surface area contributed by atoms with Crippen LogP contribution in [-0.2, 0) is 6.42 Å². The molecule has 2 aromatic rings. The van der Waals surface area contributed by atoms with Crippen molar-refractivity contribution < 1.29 is 4.74 Å². The zero-order valence-electron chi connectivity index (χ0n) is 8.13. The molecule has 1 aromatic carbocycles. The SMILES string of the molecule is CCc1ccc(Br)c2c(OC)csc12. The van der Waals surface area contributed by atoms with Crippen LogP contribution in [0.3, 0.4) is 0 Å². The molecule has 0 bridgehead atoms. The average molecular weight is 271 g/mol. The van der Waals surface area contributed by atoms with E-state index in [0.29, 0.717) is 0 Å². The number of hydrogen-bond acceptors (Lipinski definition) is 2. The molecular formula is C11H11BrOS. The Morgan fingerprint density at radius 3 is 2.86 bits per heavy atom. The molecule has 0 fully saturated rings. The first-order chi connectivity index (χ1) is 6.77. The minimum atomic E-state index is 0.965. The quantitative estimate of drug-likeness (QED) is 0.794. The Morgan fingerprint density at radius 1 is 1.43 bits per heavy atom. The first kappa shape index (κ1) is 9.99. The standard InChI is InChI=1S/C11H11BrOS/c1-3-7-4-5-8(12)10-9(13-2)6-14-11(7)10/h4-6H,3H2,1-2H3. The first-order valence-corrected chi connectivity index (χ1v) is 6.17. The van der Waals surface area contributed by atoms with Crippen LogP contribution in [0.1, 0.15) is 12.5 Å². The molecule has 0 atom stereocenters. The van der Waals surface area contributed by atoms with Crippen LogP contribution in [0.15, 0.2) is 22.0 Å². The third-order valence-corrected chi connectivity index (χ3v) is 4.01. The van der Waals surface area contributed by atoms with E-state index in [9.17, 15) is 0 Å². The summed E-state index contributed by atoms with van der Waals surface area (Å²) in [6, 6.07) is 4.26. The van der Waals surface area contributed by atoms with Crippen molar-refractivity contribution in [1.29, 1.82) is 0 Å². The minimum Gasteiger partial charge on any atom is -0.495 e. The molecule has 0 saturated carbocycles. The van der Waals surface area contributed by atoms with Gasteiger partial charge in [0.15, 0.2) is 0 Å². The van der Waals surface area contributed by atoms with Crippen molar-refractivity contribution in [3.05, 3.63) is 27.5 Å². The molecule has 0 N–H and O–H groups in total. The van der Waals surface area contributed by atoms with Crippen molar-refractivity contribution in [3.63, 3.8) is 0 Å². The van der Waals surface area contributed by atoms with E-state index in [2.05, 4.69) is 40.4 Å². The van der Waals surface area contributed by atoms with Crippen molar-refractivity contribution in [2.24, 2.45) is 0 Å². The molecule has 0 spiro atoms. The Kier molecular flexibility index (Phi) is 2.79. The Labute approximate surface area is 95.8 Å². The molecule has 0 aliphatic rings. The highest BCUT2D eigenvalue weighted by atomic mass is 79.9. The number of aryl methyl sites for hydroxylation is 1. The van der Waals surface area contributed by atoms with Gasteiger partial charge in [-0.1, -0.05) is 13.0 Å². The van der Waals surface area contributed by atoms with Gasteiger partial charge < -0.3 is 4.74 Å². The van der Waals surface area contributed by atoms with Crippen LogP contribution in [0.5, 0.6) is 5.75 Å². The summed E-state index contributed by atoms with van der Waals surface area (Å²) in [5.41, 5.74) is 1.39. The Bertz CT molecular complexity index is 462. The summed E-state index contributed by atoms with van der Waals surface area (Å²) in [4.78, 5) is 0. The molecule has 0 amide bonds. The fourth-order valence-electron chi connectivity index (χ4n) is 1.57. The highest BCUT2D eigenvalue weighted by Crippen LogP contribution is 2.39. The van der Waals surface area contributed by atoms with E-state index in [1.807, 2.05) is 0 Å². The summed E-state index contributed by atoms with van der Waals surface area (Å²) in [6.45, 7) is 2.18. The maximum atomic E-state index is 5.33. The summed E-state index contributed by atoms with van der Waals surface area (Å²) in [5.74, 6) is 0.965. The highest BCUT2D eigenvalue weighted by molar-refractivity contribution is 9.10. The lowest BCUT2D eigenvalue weighted by Gasteiger charge is -2.03. The molecule has 0 saturated heterocycles. The Balaban J connectivity index is 2.80. The topological polar surface area (TPSA) is 9.23 Å². The van der Waals surface area contributed by atoms with Gasteiger partial charge in [-0.25, -0.2) is 0 Å². The zero-order valence-corrected chi connectivity index (χ0v) is 10.5. The molecule has 3 heteroatoms. The van der Waals surface area contributed by atoms with Gasteiger partial charge >= 0.3 is 0 Å². The van der Waals surface area contributed by atoms with Gasteiger partial charge in [0.05, 0.1) is 7.11 Å². The molecule has 0 unspecified atom stereocenters. The van der Waals surface area contributed by atoms with Gasteiger partial charge in [-0.05, 0) is 34.0 Å². The van der Waals surface area contributed by atoms with E-state index in [4.69, 9.17) is 4.74 Å². The highest BCUT2D eigenvalue weighted by Gasteiger charge is 2.10. The molecule has 0 radical (unpaired) electrons. The maximum absolute atomic E-state index is 5.33. The maximum Gasteiger partial charge on any atom is 0.138 e. The fraction of sp³-hybridized carbons (Fsp3) is 0.273. The molecule has 1 aromatic heterocycles. The van der Waals surface area contributed by atoms with Gasteiger partial charge in [0.25, 0.3) is 0 Å². The van der Waals surface area contributed by atoms with Gasteiger partial charge in [0, 0.05) is 19.9 Å². The van der Waals surface area contributed by atoms with Crippen LogP contribution in [0.2, 0.25) is 0 Å². The molecular weight excluding hydrogens is 260 g/mol. The second-order valence-electron chi connectivity index (χ2n) is 3.07. The second kappa shape index (κ2) is 3.91. The lowest BCUT2D eigenvalue weighted by atomic mass is 10.1. The number of hydrogen-bond donors (Lipinski definition) is 0. The van der Waals surface area contributed by atoms with Crippen LogP contribution < -0.4 is 4.74 Å². The van der Waals surface area contributed by atoms with E-state index in [1.54, 1.807) is 18.4 Å². The predicted octanol–water partition coefficient (Wildman–Crippen LogP) is 4.23. The van der Waals surface area contributed by atoms with E-state index in [-0.39, 0.29) is 0 Å². The van der Waals surface area contributed by atoms with Gasteiger partial charge in [-0.15, -0.1) is 11.3 Å². The Hall–Kier alpha value is -0.540. The van der Waals surface area contributed by atoms with E-state index < -0.39 is 0 Å². The van der Waals surface area contributed by atoms with E-state index in [1.165, 1.54) is 15.6 Å². The summed E-state index contributed by atoms with van der Waals surface area (Å²) in [5, 5.41) is 3.27. The van der Waals surface area contributed by atoms with E-state index in [0.717, 1.165) is 16.6 Å². The fourth-order valence-corrected chi connectivity index (χ4v) is 3.35.